The molecule has 9 heteroatoms. The molecule has 1 fully saturated rings. The lowest BCUT2D eigenvalue weighted by atomic mass is 9.84. The van der Waals surface area contributed by atoms with Crippen molar-refractivity contribution in [1.29, 1.82) is 0 Å². The van der Waals surface area contributed by atoms with Gasteiger partial charge in [0.05, 0.1) is 20.8 Å². The maximum atomic E-state index is 12.7. The molecule has 1 saturated carbocycles. The normalized spacial score (nSPS) is 15.8. The Hall–Kier alpha value is -2.10. The van der Waals surface area contributed by atoms with Crippen molar-refractivity contribution in [3.05, 3.63) is 40.6 Å². The molecule has 1 aliphatic carbocycles. The van der Waals surface area contributed by atoms with Crippen LogP contribution in [-0.4, -0.2) is 41.6 Å². The predicted octanol–water partition coefficient (Wildman–Crippen LogP) is 2.67. The van der Waals surface area contributed by atoms with Crippen LogP contribution in [0, 0.1) is 0 Å². The van der Waals surface area contributed by atoms with Gasteiger partial charge in [0.2, 0.25) is 15.9 Å². The standard InChI is InChI=1S/C20H26N2O5S2/c1-26-15-7-8-16(27-2)17(12-15)29(24,25)22-13-19(23)21-14-20(9-3-4-10-20)18-6-5-11-28-18/h5-8,11-12,22H,3-4,9-10,13-14H2,1-2H3,(H,21,23). The number of ether oxygens (including phenoxy) is 2. The van der Waals surface area contributed by atoms with Gasteiger partial charge in [-0.2, -0.15) is 0 Å². The summed E-state index contributed by atoms with van der Waals surface area (Å²) in [6, 6.07) is 8.62. The summed E-state index contributed by atoms with van der Waals surface area (Å²) in [5.74, 6) is 0.203. The van der Waals surface area contributed by atoms with Crippen LogP contribution < -0.4 is 19.5 Å². The van der Waals surface area contributed by atoms with Crippen molar-refractivity contribution in [2.75, 3.05) is 27.3 Å². The van der Waals surface area contributed by atoms with Gasteiger partial charge < -0.3 is 14.8 Å². The average molecular weight is 439 g/mol. The maximum Gasteiger partial charge on any atom is 0.244 e. The number of amides is 1. The summed E-state index contributed by atoms with van der Waals surface area (Å²) in [4.78, 5) is 13.6. The Bertz CT molecular complexity index is 936. The highest BCUT2D eigenvalue weighted by molar-refractivity contribution is 7.89. The lowest BCUT2D eigenvalue weighted by molar-refractivity contribution is -0.120. The van der Waals surface area contributed by atoms with E-state index in [0.29, 0.717) is 12.3 Å². The third kappa shape index (κ3) is 4.91. The number of rotatable bonds is 9. The highest BCUT2D eigenvalue weighted by Crippen LogP contribution is 2.42. The minimum absolute atomic E-state index is 0.0429. The van der Waals surface area contributed by atoms with Gasteiger partial charge in [-0.05, 0) is 36.4 Å². The second-order valence-corrected chi connectivity index (χ2v) is 9.77. The molecule has 1 aliphatic rings. The van der Waals surface area contributed by atoms with Gasteiger partial charge >= 0.3 is 0 Å². The van der Waals surface area contributed by atoms with E-state index in [1.165, 1.54) is 31.2 Å². The first kappa shape index (κ1) is 21.6. The summed E-state index contributed by atoms with van der Waals surface area (Å²) in [5.41, 5.74) is -0.0429. The third-order valence-electron chi connectivity index (χ3n) is 5.31. The first-order valence-electron chi connectivity index (χ1n) is 9.42. The second kappa shape index (κ2) is 9.15. The van der Waals surface area contributed by atoms with Crippen LogP contribution in [0.2, 0.25) is 0 Å². The molecule has 1 aromatic carbocycles. The van der Waals surface area contributed by atoms with Crippen LogP contribution in [0.15, 0.2) is 40.6 Å². The van der Waals surface area contributed by atoms with E-state index in [1.807, 2.05) is 11.4 Å². The Morgan fingerprint density at radius 3 is 2.55 bits per heavy atom. The fourth-order valence-electron chi connectivity index (χ4n) is 3.70. The number of benzene rings is 1. The Morgan fingerprint density at radius 1 is 1.17 bits per heavy atom. The van der Waals surface area contributed by atoms with Crippen LogP contribution >= 0.6 is 11.3 Å². The van der Waals surface area contributed by atoms with Gasteiger partial charge in [-0.1, -0.05) is 18.9 Å². The predicted molar refractivity (Wildman–Crippen MR) is 112 cm³/mol. The van der Waals surface area contributed by atoms with Crippen LogP contribution in [0.3, 0.4) is 0 Å². The van der Waals surface area contributed by atoms with Crippen molar-refractivity contribution in [3.8, 4) is 11.5 Å². The van der Waals surface area contributed by atoms with E-state index in [4.69, 9.17) is 9.47 Å². The quantitative estimate of drug-likeness (QED) is 0.628. The number of thiophene rings is 1. The van der Waals surface area contributed by atoms with E-state index < -0.39 is 10.0 Å². The molecule has 1 aromatic heterocycles. The van der Waals surface area contributed by atoms with Crippen molar-refractivity contribution in [1.82, 2.24) is 10.0 Å². The van der Waals surface area contributed by atoms with Crippen LogP contribution in [0.1, 0.15) is 30.6 Å². The van der Waals surface area contributed by atoms with E-state index in [1.54, 1.807) is 17.4 Å². The summed E-state index contributed by atoms with van der Waals surface area (Å²) in [5, 5.41) is 4.96. The smallest absolute Gasteiger partial charge is 0.244 e. The number of carbonyl (C=O) groups excluding carboxylic acids is 1. The molecule has 1 amide bonds. The third-order valence-corrected chi connectivity index (χ3v) is 7.85. The number of hydrogen-bond acceptors (Lipinski definition) is 6. The molecular weight excluding hydrogens is 412 g/mol. The van der Waals surface area contributed by atoms with E-state index in [2.05, 4.69) is 16.1 Å². The lowest BCUT2D eigenvalue weighted by Crippen LogP contribution is -2.43. The fourth-order valence-corrected chi connectivity index (χ4v) is 5.86. The van der Waals surface area contributed by atoms with Crippen molar-refractivity contribution >= 4 is 27.3 Å². The van der Waals surface area contributed by atoms with Gasteiger partial charge in [-0.15, -0.1) is 11.3 Å². The first-order valence-corrected chi connectivity index (χ1v) is 11.8. The number of sulfonamides is 1. The van der Waals surface area contributed by atoms with Crippen molar-refractivity contribution in [2.24, 2.45) is 0 Å². The fraction of sp³-hybridized carbons (Fsp3) is 0.450. The zero-order valence-corrected chi connectivity index (χ0v) is 18.2. The molecule has 7 nitrogen and oxygen atoms in total. The SMILES string of the molecule is COc1ccc(OC)c(S(=O)(=O)NCC(=O)NCC2(c3cccs3)CCCC2)c1. The van der Waals surface area contributed by atoms with Crippen molar-refractivity contribution < 1.29 is 22.7 Å². The topological polar surface area (TPSA) is 93.7 Å². The minimum Gasteiger partial charge on any atom is -0.497 e. The molecule has 0 radical (unpaired) electrons. The van der Waals surface area contributed by atoms with Crippen LogP contribution in [0.4, 0.5) is 0 Å². The number of carbonyl (C=O) groups is 1. The first-order chi connectivity index (χ1) is 13.9. The molecule has 0 saturated heterocycles. The van der Waals surface area contributed by atoms with Gasteiger partial charge in [0.1, 0.15) is 16.4 Å². The number of hydrogen-bond donors (Lipinski definition) is 2. The van der Waals surface area contributed by atoms with Gasteiger partial charge in [-0.3, -0.25) is 4.79 Å². The summed E-state index contributed by atoms with van der Waals surface area (Å²) < 4.78 is 37.9. The van der Waals surface area contributed by atoms with Crippen LogP contribution in [-0.2, 0) is 20.2 Å². The molecule has 1 heterocycles. The van der Waals surface area contributed by atoms with Crippen LogP contribution in [0.25, 0.3) is 0 Å². The zero-order valence-electron chi connectivity index (χ0n) is 16.6. The van der Waals surface area contributed by atoms with Gasteiger partial charge in [-0.25, -0.2) is 13.1 Å². The van der Waals surface area contributed by atoms with Gasteiger partial charge in [0.25, 0.3) is 0 Å². The zero-order chi connectivity index (χ0) is 20.9. The van der Waals surface area contributed by atoms with Gasteiger partial charge in [0.15, 0.2) is 0 Å². The molecule has 158 valence electrons. The number of nitrogens with one attached hydrogen (secondary N) is 2. The van der Waals surface area contributed by atoms with Crippen molar-refractivity contribution in [2.45, 2.75) is 36.0 Å². The molecule has 0 aliphatic heterocycles. The summed E-state index contributed by atoms with van der Waals surface area (Å²) >= 11 is 1.70. The molecule has 2 N–H and O–H groups in total. The van der Waals surface area contributed by atoms with Gasteiger partial charge in [0, 0.05) is 22.9 Å². The molecular formula is C20H26N2O5S2. The molecule has 0 bridgehead atoms. The molecule has 29 heavy (non-hydrogen) atoms. The Morgan fingerprint density at radius 2 is 1.93 bits per heavy atom. The molecule has 0 spiro atoms. The van der Waals surface area contributed by atoms with E-state index in [0.717, 1.165) is 25.7 Å². The Labute approximate surface area is 175 Å². The maximum absolute atomic E-state index is 12.7. The van der Waals surface area contributed by atoms with Crippen molar-refractivity contribution in [3.63, 3.8) is 0 Å². The Balaban J connectivity index is 1.63. The summed E-state index contributed by atoms with van der Waals surface area (Å²) in [7, 11) is -1.10. The highest BCUT2D eigenvalue weighted by Gasteiger charge is 2.36. The summed E-state index contributed by atoms with van der Waals surface area (Å²) in [6.45, 7) is 0.166. The van der Waals surface area contributed by atoms with E-state index in [-0.39, 0.29) is 28.5 Å². The summed E-state index contributed by atoms with van der Waals surface area (Å²) in [6.07, 6.45) is 4.33. The van der Waals surface area contributed by atoms with Crippen LogP contribution in [0.5, 0.6) is 11.5 Å². The second-order valence-electron chi connectivity index (χ2n) is 7.08. The Kier molecular flexibility index (Phi) is 6.81. The van der Waals surface area contributed by atoms with E-state index in [9.17, 15) is 13.2 Å². The monoisotopic (exact) mass is 438 g/mol. The largest absolute Gasteiger partial charge is 0.497 e. The average Bonchev–Trinajstić information content (AvgIpc) is 3.43. The minimum atomic E-state index is -3.94. The lowest BCUT2D eigenvalue weighted by Gasteiger charge is -2.28. The molecule has 2 aromatic rings. The highest BCUT2D eigenvalue weighted by atomic mass is 32.2. The molecule has 3 rings (SSSR count). The number of methoxy groups -OCH3 is 2. The molecule has 0 unspecified atom stereocenters. The molecule has 0 atom stereocenters. The van der Waals surface area contributed by atoms with E-state index >= 15 is 0 Å².